The van der Waals surface area contributed by atoms with Gasteiger partial charge in [0.15, 0.2) is 17.3 Å². The number of carbonyl (C=O) groups is 1. The number of allylic oxidation sites excluding steroid dienone is 1. The second kappa shape index (κ2) is 7.79. The molecule has 0 N–H and O–H groups in total. The summed E-state index contributed by atoms with van der Waals surface area (Å²) >= 11 is 0. The Hall–Kier alpha value is -2.89. The molecule has 2 aromatic rings. The first-order valence-corrected chi connectivity index (χ1v) is 7.79. The smallest absolute Gasteiger partial charge is 0.387 e. The van der Waals surface area contributed by atoms with Crippen molar-refractivity contribution in [3.8, 4) is 17.2 Å². The van der Waals surface area contributed by atoms with Gasteiger partial charge in [0.05, 0.1) is 13.2 Å². The van der Waals surface area contributed by atoms with Gasteiger partial charge in [0.2, 0.25) is 0 Å². The molecule has 0 spiro atoms. The van der Waals surface area contributed by atoms with Crippen LogP contribution in [0.15, 0.2) is 48.5 Å². The van der Waals surface area contributed by atoms with Gasteiger partial charge in [-0.15, -0.1) is 0 Å². The van der Waals surface area contributed by atoms with E-state index in [4.69, 9.17) is 9.47 Å². The molecule has 1 aliphatic heterocycles. The van der Waals surface area contributed by atoms with Crippen LogP contribution in [0.2, 0.25) is 0 Å². The predicted octanol–water partition coefficient (Wildman–Crippen LogP) is 4.35. The lowest BCUT2D eigenvalue weighted by atomic mass is 10.1. The number of carbonyl (C=O) groups excluding carboxylic acids is 1. The Morgan fingerprint density at radius 3 is 2.48 bits per heavy atom. The van der Waals surface area contributed by atoms with E-state index in [0.717, 1.165) is 6.42 Å². The fraction of sp³-hybridized carbons (Fsp3) is 0.211. The summed E-state index contributed by atoms with van der Waals surface area (Å²) in [7, 11) is 0. The molecule has 4 nitrogen and oxygen atoms in total. The molecule has 0 unspecified atom stereocenters. The van der Waals surface area contributed by atoms with E-state index in [9.17, 15) is 13.6 Å². The van der Waals surface area contributed by atoms with Gasteiger partial charge in [0, 0.05) is 12.0 Å². The third kappa shape index (κ3) is 4.56. The van der Waals surface area contributed by atoms with Gasteiger partial charge in [-0.05, 0) is 42.0 Å². The Morgan fingerprint density at radius 2 is 1.76 bits per heavy atom. The first-order chi connectivity index (χ1) is 12.1. The molecule has 6 heteroatoms. The van der Waals surface area contributed by atoms with E-state index >= 15 is 0 Å². The van der Waals surface area contributed by atoms with Crippen LogP contribution in [-0.4, -0.2) is 25.6 Å². The number of halogens is 2. The molecule has 0 aliphatic carbocycles. The highest BCUT2D eigenvalue weighted by atomic mass is 19.3. The second-order valence-electron chi connectivity index (χ2n) is 5.36. The van der Waals surface area contributed by atoms with E-state index < -0.39 is 6.61 Å². The molecule has 0 atom stereocenters. The second-order valence-corrected chi connectivity index (χ2v) is 5.36. The van der Waals surface area contributed by atoms with Crippen molar-refractivity contribution >= 4 is 11.9 Å². The molecule has 2 aromatic carbocycles. The van der Waals surface area contributed by atoms with Gasteiger partial charge in [-0.1, -0.05) is 18.2 Å². The van der Waals surface area contributed by atoms with Gasteiger partial charge >= 0.3 is 6.61 Å². The summed E-state index contributed by atoms with van der Waals surface area (Å²) in [6.45, 7) is -1.72. The molecule has 0 aromatic heterocycles. The standard InChI is InChI=1S/C19H16F2O4/c20-19(21)25-15-6-2-13(3-7-15)4-8-16(22)14-5-9-17-18(12-14)24-11-1-10-23-17/h2-9,12,19H,1,10-11H2/b8-4+. The van der Waals surface area contributed by atoms with Crippen LogP contribution in [0.4, 0.5) is 8.78 Å². The summed E-state index contributed by atoms with van der Waals surface area (Å²) in [5, 5.41) is 0. The minimum Gasteiger partial charge on any atom is -0.490 e. The summed E-state index contributed by atoms with van der Waals surface area (Å²) < 4.78 is 39.6. The molecular formula is C19H16F2O4. The van der Waals surface area contributed by atoms with Crippen molar-refractivity contribution in [2.75, 3.05) is 13.2 Å². The van der Waals surface area contributed by atoms with Crippen LogP contribution in [0.1, 0.15) is 22.3 Å². The molecule has 0 fully saturated rings. The average Bonchev–Trinajstić information content (AvgIpc) is 2.85. The Labute approximate surface area is 143 Å². The van der Waals surface area contributed by atoms with E-state index in [1.165, 1.54) is 18.2 Å². The van der Waals surface area contributed by atoms with Crippen molar-refractivity contribution in [1.29, 1.82) is 0 Å². The molecular weight excluding hydrogens is 330 g/mol. The van der Waals surface area contributed by atoms with Crippen LogP contribution >= 0.6 is 0 Å². The van der Waals surface area contributed by atoms with E-state index in [-0.39, 0.29) is 11.5 Å². The average molecular weight is 346 g/mol. The molecule has 1 aliphatic rings. The number of ether oxygens (including phenoxy) is 3. The summed E-state index contributed by atoms with van der Waals surface area (Å²) in [6, 6.07) is 11.1. The van der Waals surface area contributed by atoms with E-state index in [0.29, 0.717) is 35.8 Å². The molecule has 0 amide bonds. The lowest BCUT2D eigenvalue weighted by Crippen LogP contribution is -2.01. The van der Waals surface area contributed by atoms with E-state index in [1.54, 1.807) is 36.4 Å². The lowest BCUT2D eigenvalue weighted by molar-refractivity contribution is -0.0498. The Kier molecular flexibility index (Phi) is 5.28. The summed E-state index contributed by atoms with van der Waals surface area (Å²) in [5.74, 6) is 1.07. The van der Waals surface area contributed by atoms with Gasteiger partial charge in [-0.2, -0.15) is 8.78 Å². The quantitative estimate of drug-likeness (QED) is 0.597. The Morgan fingerprint density at radius 1 is 1.04 bits per heavy atom. The summed E-state index contributed by atoms with van der Waals surface area (Å²) in [5.41, 5.74) is 1.18. The fourth-order valence-electron chi connectivity index (χ4n) is 2.35. The van der Waals surface area contributed by atoms with Gasteiger partial charge < -0.3 is 14.2 Å². The highest BCUT2D eigenvalue weighted by molar-refractivity contribution is 6.07. The Balaban J connectivity index is 1.69. The molecule has 3 rings (SSSR count). The topological polar surface area (TPSA) is 44.8 Å². The van der Waals surface area contributed by atoms with Gasteiger partial charge in [0.25, 0.3) is 0 Å². The van der Waals surface area contributed by atoms with Gasteiger partial charge in [-0.3, -0.25) is 4.79 Å². The number of hydrogen-bond donors (Lipinski definition) is 0. The van der Waals surface area contributed by atoms with Crippen molar-refractivity contribution in [1.82, 2.24) is 0 Å². The van der Waals surface area contributed by atoms with Crippen LogP contribution in [-0.2, 0) is 0 Å². The van der Waals surface area contributed by atoms with Crippen molar-refractivity contribution < 1.29 is 27.8 Å². The first-order valence-electron chi connectivity index (χ1n) is 7.79. The SMILES string of the molecule is O=C(/C=C/c1ccc(OC(F)F)cc1)c1ccc2c(c1)OCCCO2. The fourth-order valence-corrected chi connectivity index (χ4v) is 2.35. The highest BCUT2D eigenvalue weighted by Crippen LogP contribution is 2.30. The van der Waals surface area contributed by atoms with Gasteiger partial charge in [-0.25, -0.2) is 0 Å². The predicted molar refractivity (Wildman–Crippen MR) is 88.5 cm³/mol. The maximum atomic E-state index is 12.3. The summed E-state index contributed by atoms with van der Waals surface area (Å²) in [6.07, 6.45) is 3.82. The van der Waals surface area contributed by atoms with Crippen LogP contribution < -0.4 is 14.2 Å². The van der Waals surface area contributed by atoms with Crippen LogP contribution in [0.5, 0.6) is 17.2 Å². The number of benzene rings is 2. The summed E-state index contributed by atoms with van der Waals surface area (Å²) in [4.78, 5) is 12.3. The number of fused-ring (bicyclic) bond motifs is 1. The molecule has 0 saturated heterocycles. The number of rotatable bonds is 5. The maximum absolute atomic E-state index is 12.3. The zero-order valence-electron chi connectivity index (χ0n) is 13.3. The van der Waals surface area contributed by atoms with Crippen LogP contribution in [0.3, 0.4) is 0 Å². The van der Waals surface area contributed by atoms with Crippen molar-refractivity contribution in [2.24, 2.45) is 0 Å². The largest absolute Gasteiger partial charge is 0.490 e. The van der Waals surface area contributed by atoms with Crippen LogP contribution in [0.25, 0.3) is 6.08 Å². The third-order valence-corrected chi connectivity index (χ3v) is 3.56. The molecule has 0 saturated carbocycles. The van der Waals surface area contributed by atoms with Crippen LogP contribution in [0, 0.1) is 0 Å². The molecule has 0 radical (unpaired) electrons. The van der Waals surface area contributed by atoms with Crippen molar-refractivity contribution in [2.45, 2.75) is 13.0 Å². The lowest BCUT2D eigenvalue weighted by Gasteiger charge is -2.07. The Bertz CT molecular complexity index is 769. The maximum Gasteiger partial charge on any atom is 0.387 e. The normalized spacial score (nSPS) is 13.7. The van der Waals surface area contributed by atoms with Gasteiger partial charge in [0.1, 0.15) is 5.75 Å². The number of alkyl halides is 2. The monoisotopic (exact) mass is 346 g/mol. The molecule has 1 heterocycles. The number of ketones is 1. The van der Waals surface area contributed by atoms with E-state index in [1.807, 2.05) is 0 Å². The third-order valence-electron chi connectivity index (χ3n) is 3.56. The first kappa shape index (κ1) is 17.0. The number of hydrogen-bond acceptors (Lipinski definition) is 4. The van der Waals surface area contributed by atoms with Crippen molar-refractivity contribution in [3.05, 3.63) is 59.7 Å². The zero-order chi connectivity index (χ0) is 17.6. The van der Waals surface area contributed by atoms with E-state index in [2.05, 4.69) is 4.74 Å². The minimum absolute atomic E-state index is 0.0707. The molecule has 25 heavy (non-hydrogen) atoms. The minimum atomic E-state index is -2.86. The van der Waals surface area contributed by atoms with Crippen molar-refractivity contribution in [3.63, 3.8) is 0 Å². The molecule has 130 valence electrons. The zero-order valence-corrected chi connectivity index (χ0v) is 13.3. The highest BCUT2D eigenvalue weighted by Gasteiger charge is 2.12. The molecule has 0 bridgehead atoms.